The zero-order valence-corrected chi connectivity index (χ0v) is 18.7. The molecule has 1 N–H and O–H groups in total. The van der Waals surface area contributed by atoms with Crippen LogP contribution in [0.2, 0.25) is 0 Å². The van der Waals surface area contributed by atoms with E-state index in [4.69, 9.17) is 18.9 Å². The van der Waals surface area contributed by atoms with E-state index in [1.807, 2.05) is 20.8 Å². The second-order valence-corrected chi connectivity index (χ2v) is 9.29. The second kappa shape index (κ2) is 8.84. The van der Waals surface area contributed by atoms with Gasteiger partial charge in [-0.15, -0.1) is 0 Å². The first-order valence-electron chi connectivity index (χ1n) is 10.8. The third-order valence-electron chi connectivity index (χ3n) is 6.14. The Morgan fingerprint density at radius 2 is 2.06 bits per heavy atom. The Morgan fingerprint density at radius 3 is 2.68 bits per heavy atom. The molecule has 8 nitrogen and oxygen atoms in total. The smallest absolute Gasteiger partial charge is 0.334 e. The molecule has 3 aliphatic rings. The molecule has 0 bridgehead atoms. The molecule has 0 aromatic rings. The largest absolute Gasteiger partial charge is 0.458 e. The maximum Gasteiger partial charge on any atom is 0.334 e. The Bertz CT molecular complexity index is 782. The first kappa shape index (κ1) is 23.6. The molecule has 8 heteroatoms. The zero-order chi connectivity index (χ0) is 23.1. The molecule has 2 aliphatic heterocycles. The highest BCUT2D eigenvalue weighted by Gasteiger charge is 2.62. The molecule has 0 radical (unpaired) electrons. The average molecular weight is 437 g/mol. The summed E-state index contributed by atoms with van der Waals surface area (Å²) in [6, 6.07) is 0. The lowest BCUT2D eigenvalue weighted by molar-refractivity contribution is -0.193. The molecular weight excluding hydrogens is 404 g/mol. The van der Waals surface area contributed by atoms with Crippen molar-refractivity contribution in [1.29, 1.82) is 0 Å². The fourth-order valence-corrected chi connectivity index (χ4v) is 4.45. The summed E-state index contributed by atoms with van der Waals surface area (Å²) >= 11 is 0. The lowest BCUT2D eigenvalue weighted by atomic mass is 9.75. The minimum absolute atomic E-state index is 0.0820. The molecule has 8 atom stereocenters. The van der Waals surface area contributed by atoms with Crippen LogP contribution in [0.5, 0.6) is 0 Å². The van der Waals surface area contributed by atoms with Crippen LogP contribution in [0.15, 0.2) is 24.3 Å². The van der Waals surface area contributed by atoms with Gasteiger partial charge in [0.25, 0.3) is 0 Å². The van der Waals surface area contributed by atoms with Gasteiger partial charge in [-0.05, 0) is 32.1 Å². The van der Waals surface area contributed by atoms with E-state index in [1.165, 1.54) is 19.1 Å². The fraction of sp³-hybridized carbons (Fsp3) is 0.696. The van der Waals surface area contributed by atoms with Gasteiger partial charge in [-0.25, -0.2) is 9.59 Å². The molecule has 0 spiro atoms. The van der Waals surface area contributed by atoms with Gasteiger partial charge in [0.15, 0.2) is 11.4 Å². The topological polar surface area (TPSA) is 112 Å². The van der Waals surface area contributed by atoms with Gasteiger partial charge in [0.05, 0.1) is 12.0 Å². The van der Waals surface area contributed by atoms with Gasteiger partial charge < -0.3 is 24.1 Å². The molecule has 0 aromatic carbocycles. The number of carbonyl (C=O) groups excluding carboxylic acids is 3. The Morgan fingerprint density at radius 1 is 1.39 bits per heavy atom. The van der Waals surface area contributed by atoms with Gasteiger partial charge in [-0.2, -0.15) is 0 Å². The quantitative estimate of drug-likeness (QED) is 0.394. The van der Waals surface area contributed by atoms with Gasteiger partial charge in [-0.1, -0.05) is 33.4 Å². The lowest BCUT2D eigenvalue weighted by Crippen LogP contribution is -2.60. The van der Waals surface area contributed by atoms with E-state index in [0.29, 0.717) is 6.42 Å². The second-order valence-electron chi connectivity index (χ2n) is 9.29. The predicted molar refractivity (Wildman–Crippen MR) is 110 cm³/mol. The number of allylic oxidation sites excluding steroid dienone is 1. The Hall–Kier alpha value is -2.03. The summed E-state index contributed by atoms with van der Waals surface area (Å²) < 4.78 is 22.9. The molecule has 1 saturated carbocycles. The summed E-state index contributed by atoms with van der Waals surface area (Å²) in [4.78, 5) is 38.0. The molecule has 2 saturated heterocycles. The number of Topliss-reactive ketones (excluding diaryl/α,β-unsaturated/α-hetero) is 1. The standard InChI is InChI=1S/C23H32O8/c1-7-8-15(24)30-18-16-13(5)22(26)29-14(16)9-12(4)17-19(31-17)20(25)23(6,27)21(18)28-10-11(2)3/h7-8,11-12,14,16-19,21,27H,5,9-10H2,1-4,6H3/b8-7+/t12-,14-,16+,17+,18+,19+,21-,23-/m1/s1. The highest BCUT2D eigenvalue weighted by molar-refractivity contribution is 5.94. The average Bonchev–Trinajstić information content (AvgIpc) is 3.42. The van der Waals surface area contributed by atoms with Gasteiger partial charge in [0.1, 0.15) is 24.4 Å². The summed E-state index contributed by atoms with van der Waals surface area (Å²) in [7, 11) is 0. The number of epoxide rings is 1. The van der Waals surface area contributed by atoms with Crippen molar-refractivity contribution >= 4 is 17.7 Å². The minimum Gasteiger partial charge on any atom is -0.458 e. The highest BCUT2D eigenvalue weighted by Crippen LogP contribution is 2.45. The van der Waals surface area contributed by atoms with Crippen molar-refractivity contribution in [1.82, 2.24) is 0 Å². The Kier molecular flexibility index (Phi) is 6.74. The molecule has 3 rings (SSSR count). The highest BCUT2D eigenvalue weighted by atomic mass is 16.6. The molecule has 3 fully saturated rings. The maximum absolute atomic E-state index is 13.2. The first-order chi connectivity index (χ1) is 14.5. The predicted octanol–water partition coefficient (Wildman–Crippen LogP) is 1.74. The van der Waals surface area contributed by atoms with Crippen molar-refractivity contribution in [2.24, 2.45) is 17.8 Å². The number of carbonyl (C=O) groups is 3. The molecule has 0 aromatic heterocycles. The fourth-order valence-electron chi connectivity index (χ4n) is 4.45. The summed E-state index contributed by atoms with van der Waals surface area (Å²) in [5, 5.41) is 11.4. The van der Waals surface area contributed by atoms with Crippen LogP contribution in [-0.2, 0) is 33.3 Å². The van der Waals surface area contributed by atoms with E-state index in [2.05, 4.69) is 6.58 Å². The van der Waals surface area contributed by atoms with Crippen molar-refractivity contribution in [3.05, 3.63) is 24.3 Å². The molecule has 172 valence electrons. The van der Waals surface area contributed by atoms with Crippen LogP contribution in [0, 0.1) is 17.8 Å². The summed E-state index contributed by atoms with van der Waals surface area (Å²) in [6.07, 6.45) is -1.05. The van der Waals surface area contributed by atoms with Crippen LogP contribution in [-0.4, -0.2) is 65.6 Å². The van der Waals surface area contributed by atoms with Crippen molar-refractivity contribution in [3.8, 4) is 0 Å². The molecule has 0 amide bonds. The zero-order valence-electron chi connectivity index (χ0n) is 18.7. The van der Waals surface area contributed by atoms with Gasteiger partial charge in [0, 0.05) is 18.3 Å². The summed E-state index contributed by atoms with van der Waals surface area (Å²) in [6.45, 7) is 12.8. The number of aliphatic hydroxyl groups is 1. The van der Waals surface area contributed by atoms with Gasteiger partial charge in [0.2, 0.25) is 0 Å². The normalized spacial score (nSPS) is 40.5. The summed E-state index contributed by atoms with van der Waals surface area (Å²) in [5.74, 6) is -2.59. The van der Waals surface area contributed by atoms with Crippen LogP contribution < -0.4 is 0 Å². The molecule has 31 heavy (non-hydrogen) atoms. The Balaban J connectivity index is 2.09. The number of esters is 2. The van der Waals surface area contributed by atoms with Gasteiger partial charge >= 0.3 is 11.9 Å². The number of ketones is 1. The Labute approximate surface area is 182 Å². The van der Waals surface area contributed by atoms with Crippen molar-refractivity contribution in [2.75, 3.05) is 6.61 Å². The van der Waals surface area contributed by atoms with E-state index in [9.17, 15) is 19.5 Å². The SMILES string of the molecule is C=C1C(=O)O[C@@H]2C[C@@H](C)[C@@H]3O[C@@H]3C(=O)[C@@](C)(O)[C@H](OCC(C)C)[C@@H](OC(=O)/C=C/C)[C@@H]12. The monoisotopic (exact) mass is 436 g/mol. The van der Waals surface area contributed by atoms with Crippen molar-refractivity contribution in [2.45, 2.75) is 77.2 Å². The third kappa shape index (κ3) is 4.61. The van der Waals surface area contributed by atoms with E-state index in [0.717, 1.165) is 0 Å². The van der Waals surface area contributed by atoms with Crippen LogP contribution >= 0.6 is 0 Å². The number of hydrogen-bond acceptors (Lipinski definition) is 8. The third-order valence-corrected chi connectivity index (χ3v) is 6.14. The molecule has 1 aliphatic carbocycles. The van der Waals surface area contributed by atoms with Crippen molar-refractivity contribution in [3.63, 3.8) is 0 Å². The molecular formula is C23H32O8. The van der Waals surface area contributed by atoms with Crippen LogP contribution in [0.3, 0.4) is 0 Å². The number of rotatable bonds is 5. The number of hydrogen-bond donors (Lipinski definition) is 1. The molecule has 2 heterocycles. The summed E-state index contributed by atoms with van der Waals surface area (Å²) in [5.41, 5.74) is -1.89. The van der Waals surface area contributed by atoms with E-state index in [-0.39, 0.29) is 30.1 Å². The van der Waals surface area contributed by atoms with Gasteiger partial charge in [-0.3, -0.25) is 4.79 Å². The van der Waals surface area contributed by atoms with Crippen molar-refractivity contribution < 1.29 is 38.4 Å². The number of ether oxygens (including phenoxy) is 4. The maximum atomic E-state index is 13.2. The number of fused-ring (bicyclic) bond motifs is 2. The van der Waals surface area contributed by atoms with Crippen LogP contribution in [0.25, 0.3) is 0 Å². The van der Waals surface area contributed by atoms with E-state index >= 15 is 0 Å². The van der Waals surface area contributed by atoms with E-state index < -0.39 is 53.7 Å². The first-order valence-corrected chi connectivity index (χ1v) is 10.8. The van der Waals surface area contributed by atoms with E-state index in [1.54, 1.807) is 6.92 Å². The molecule has 0 unspecified atom stereocenters. The lowest BCUT2D eigenvalue weighted by Gasteiger charge is -2.40. The minimum atomic E-state index is -2.03. The van der Waals surface area contributed by atoms with Crippen LogP contribution in [0.4, 0.5) is 0 Å². The van der Waals surface area contributed by atoms with Crippen LogP contribution in [0.1, 0.15) is 41.0 Å².